The summed E-state index contributed by atoms with van der Waals surface area (Å²) in [5, 5.41) is 7.59. The van der Waals surface area contributed by atoms with Gasteiger partial charge in [0.1, 0.15) is 5.82 Å². The van der Waals surface area contributed by atoms with Crippen molar-refractivity contribution in [3.05, 3.63) is 55.0 Å². The Morgan fingerprint density at radius 1 is 1.25 bits per heavy atom. The number of carbonyl (C=O) groups excluding carboxylic acids is 1. The van der Waals surface area contributed by atoms with Gasteiger partial charge in [0.25, 0.3) is 0 Å². The van der Waals surface area contributed by atoms with Gasteiger partial charge in [-0.2, -0.15) is 5.10 Å². The molecule has 0 aliphatic carbocycles. The zero-order chi connectivity index (χ0) is 16.9. The summed E-state index contributed by atoms with van der Waals surface area (Å²) in [6.07, 6.45) is 4.61. The number of furan rings is 1. The van der Waals surface area contributed by atoms with Crippen LogP contribution in [0.1, 0.15) is 26.7 Å². The van der Waals surface area contributed by atoms with Crippen molar-refractivity contribution in [2.75, 3.05) is 5.32 Å². The average Bonchev–Trinajstić information content (AvgIpc) is 3.23. The molecule has 0 aliphatic rings. The Labute approximate surface area is 141 Å². The molecule has 2 aromatic heterocycles. The van der Waals surface area contributed by atoms with E-state index in [2.05, 4.69) is 24.3 Å². The molecule has 0 saturated heterocycles. The Balaban J connectivity index is 1.90. The molecule has 0 bridgehead atoms. The predicted molar refractivity (Wildman–Crippen MR) is 94.0 cm³/mol. The van der Waals surface area contributed by atoms with Crippen LogP contribution in [0.2, 0.25) is 0 Å². The third kappa shape index (κ3) is 3.74. The number of nitrogens with one attached hydrogen (secondary N) is 1. The van der Waals surface area contributed by atoms with Gasteiger partial charge in [0.2, 0.25) is 5.91 Å². The maximum atomic E-state index is 12.2. The monoisotopic (exact) mass is 323 g/mol. The van der Waals surface area contributed by atoms with Crippen molar-refractivity contribution in [2.45, 2.75) is 26.7 Å². The normalized spacial score (nSPS) is 11.0. The smallest absolute Gasteiger partial charge is 0.225 e. The number of hydrogen-bond acceptors (Lipinski definition) is 3. The summed E-state index contributed by atoms with van der Waals surface area (Å²) in [4.78, 5) is 12.2. The minimum Gasteiger partial charge on any atom is -0.472 e. The topological polar surface area (TPSA) is 60.1 Å². The zero-order valence-electron chi connectivity index (χ0n) is 13.9. The van der Waals surface area contributed by atoms with Gasteiger partial charge in [-0.3, -0.25) is 4.79 Å². The summed E-state index contributed by atoms with van der Waals surface area (Å²) >= 11 is 0. The fourth-order valence-corrected chi connectivity index (χ4v) is 2.41. The summed E-state index contributed by atoms with van der Waals surface area (Å²) in [7, 11) is 0. The second kappa shape index (κ2) is 7.17. The van der Waals surface area contributed by atoms with Gasteiger partial charge in [0.15, 0.2) is 0 Å². The van der Waals surface area contributed by atoms with Crippen molar-refractivity contribution in [2.24, 2.45) is 5.92 Å². The number of para-hydroxylation sites is 1. The lowest BCUT2D eigenvalue weighted by molar-refractivity contribution is -0.116. The van der Waals surface area contributed by atoms with Crippen LogP contribution in [-0.4, -0.2) is 15.7 Å². The predicted octanol–water partition coefficient (Wildman–Crippen LogP) is 4.51. The Kier molecular flexibility index (Phi) is 4.79. The molecule has 1 aromatic carbocycles. The highest BCUT2D eigenvalue weighted by atomic mass is 16.3. The Morgan fingerprint density at radius 2 is 2.04 bits per heavy atom. The molecule has 124 valence electrons. The van der Waals surface area contributed by atoms with Crippen molar-refractivity contribution < 1.29 is 9.21 Å². The highest BCUT2D eigenvalue weighted by Gasteiger charge is 2.14. The molecule has 5 heteroatoms. The second-order valence-corrected chi connectivity index (χ2v) is 6.15. The quantitative estimate of drug-likeness (QED) is 0.726. The average molecular weight is 323 g/mol. The molecule has 0 fully saturated rings. The number of nitrogens with zero attached hydrogens (tertiary/aromatic N) is 2. The van der Waals surface area contributed by atoms with Crippen LogP contribution in [0, 0.1) is 5.92 Å². The lowest BCUT2D eigenvalue weighted by Gasteiger charge is -2.09. The number of benzene rings is 1. The third-order valence-electron chi connectivity index (χ3n) is 3.74. The molecule has 24 heavy (non-hydrogen) atoms. The van der Waals surface area contributed by atoms with E-state index in [0.717, 1.165) is 23.4 Å². The van der Waals surface area contributed by atoms with E-state index in [1.165, 1.54) is 0 Å². The van der Waals surface area contributed by atoms with Crippen molar-refractivity contribution in [1.82, 2.24) is 9.78 Å². The van der Waals surface area contributed by atoms with Crippen LogP contribution in [-0.2, 0) is 4.79 Å². The van der Waals surface area contributed by atoms with Crippen LogP contribution in [0.3, 0.4) is 0 Å². The van der Waals surface area contributed by atoms with E-state index >= 15 is 0 Å². The molecule has 0 radical (unpaired) electrons. The van der Waals surface area contributed by atoms with Crippen LogP contribution >= 0.6 is 0 Å². The fraction of sp³-hybridized carbons (Fsp3) is 0.263. The Hall–Kier alpha value is -2.82. The first-order chi connectivity index (χ1) is 11.6. The first-order valence-electron chi connectivity index (χ1n) is 8.11. The summed E-state index contributed by atoms with van der Waals surface area (Å²) in [5.41, 5.74) is 2.53. The standard InChI is InChI=1S/C19H21N3O2/c1-14(2)8-9-19(23)20-18-12-17(15-10-11-24-13-15)21-22(18)16-6-4-3-5-7-16/h3-7,10-14H,8-9H2,1-2H3,(H,20,23). The minimum atomic E-state index is -0.000440. The van der Waals surface area contributed by atoms with Gasteiger partial charge in [0, 0.05) is 18.1 Å². The number of aromatic nitrogens is 2. The maximum Gasteiger partial charge on any atom is 0.225 e. The number of carbonyl (C=O) groups is 1. The number of amides is 1. The summed E-state index contributed by atoms with van der Waals surface area (Å²) in [6.45, 7) is 4.22. The lowest BCUT2D eigenvalue weighted by atomic mass is 10.1. The van der Waals surface area contributed by atoms with Gasteiger partial charge < -0.3 is 9.73 Å². The van der Waals surface area contributed by atoms with E-state index in [0.29, 0.717) is 18.2 Å². The fourth-order valence-electron chi connectivity index (χ4n) is 2.41. The van der Waals surface area contributed by atoms with Crippen molar-refractivity contribution in [3.63, 3.8) is 0 Å². The first-order valence-corrected chi connectivity index (χ1v) is 8.11. The van der Waals surface area contributed by atoms with Crippen LogP contribution in [0.5, 0.6) is 0 Å². The largest absolute Gasteiger partial charge is 0.472 e. The number of anilines is 1. The van der Waals surface area contributed by atoms with Crippen molar-refractivity contribution in [1.29, 1.82) is 0 Å². The zero-order valence-corrected chi connectivity index (χ0v) is 13.9. The van der Waals surface area contributed by atoms with Gasteiger partial charge in [0.05, 0.1) is 23.9 Å². The molecule has 3 rings (SSSR count). The summed E-state index contributed by atoms with van der Waals surface area (Å²) in [6, 6.07) is 13.5. The molecule has 1 amide bonds. The molecule has 0 saturated carbocycles. The highest BCUT2D eigenvalue weighted by molar-refractivity contribution is 5.90. The number of rotatable bonds is 6. The van der Waals surface area contributed by atoms with Crippen LogP contribution < -0.4 is 5.32 Å². The van der Waals surface area contributed by atoms with Crippen molar-refractivity contribution >= 4 is 11.7 Å². The molecule has 5 nitrogen and oxygen atoms in total. The van der Waals surface area contributed by atoms with Gasteiger partial charge in [-0.15, -0.1) is 0 Å². The van der Waals surface area contributed by atoms with Crippen LogP contribution in [0.4, 0.5) is 5.82 Å². The Bertz CT molecular complexity index is 789. The summed E-state index contributed by atoms with van der Waals surface area (Å²) in [5.74, 6) is 1.15. The molecule has 0 unspecified atom stereocenters. The molecule has 0 atom stereocenters. The Morgan fingerprint density at radius 3 is 2.71 bits per heavy atom. The van der Waals surface area contributed by atoms with E-state index < -0.39 is 0 Å². The molecule has 2 heterocycles. The molecule has 1 N–H and O–H groups in total. The SMILES string of the molecule is CC(C)CCC(=O)Nc1cc(-c2ccoc2)nn1-c1ccccc1. The van der Waals surface area contributed by atoms with E-state index in [-0.39, 0.29) is 5.91 Å². The third-order valence-corrected chi connectivity index (χ3v) is 3.74. The first kappa shape index (κ1) is 16.1. The maximum absolute atomic E-state index is 12.2. The van der Waals surface area contributed by atoms with E-state index in [9.17, 15) is 4.79 Å². The second-order valence-electron chi connectivity index (χ2n) is 6.15. The van der Waals surface area contributed by atoms with Crippen molar-refractivity contribution in [3.8, 4) is 16.9 Å². The molecule has 3 aromatic rings. The lowest BCUT2D eigenvalue weighted by Crippen LogP contribution is -2.15. The van der Waals surface area contributed by atoms with Crippen LogP contribution in [0.15, 0.2) is 59.4 Å². The van der Waals surface area contributed by atoms with Crippen LogP contribution in [0.25, 0.3) is 16.9 Å². The molecular formula is C19H21N3O2. The highest BCUT2D eigenvalue weighted by Crippen LogP contribution is 2.25. The summed E-state index contributed by atoms with van der Waals surface area (Å²) < 4.78 is 6.88. The molecule has 0 aliphatic heterocycles. The van der Waals surface area contributed by atoms with Gasteiger partial charge >= 0.3 is 0 Å². The minimum absolute atomic E-state index is 0.000440. The van der Waals surface area contributed by atoms with Gasteiger partial charge in [-0.1, -0.05) is 32.0 Å². The number of hydrogen-bond donors (Lipinski definition) is 1. The van der Waals surface area contributed by atoms with E-state index in [4.69, 9.17) is 4.42 Å². The molecular weight excluding hydrogens is 302 g/mol. The molecule has 0 spiro atoms. The van der Waals surface area contributed by atoms with E-state index in [1.54, 1.807) is 17.2 Å². The van der Waals surface area contributed by atoms with E-state index in [1.807, 2.05) is 42.5 Å². The van der Waals surface area contributed by atoms with Gasteiger partial charge in [-0.25, -0.2) is 4.68 Å². The van der Waals surface area contributed by atoms with Gasteiger partial charge in [-0.05, 0) is 30.5 Å².